The molecule has 1 aliphatic heterocycles. The van der Waals surface area contributed by atoms with E-state index in [9.17, 15) is 14.4 Å². The van der Waals surface area contributed by atoms with Gasteiger partial charge in [0.1, 0.15) is 5.92 Å². The van der Waals surface area contributed by atoms with Crippen LogP contribution in [0.3, 0.4) is 0 Å². The van der Waals surface area contributed by atoms with Gasteiger partial charge in [-0.1, -0.05) is 36.4 Å². The molecule has 0 unspecified atom stereocenters. The van der Waals surface area contributed by atoms with Gasteiger partial charge >= 0.3 is 0 Å². The lowest BCUT2D eigenvalue weighted by molar-refractivity contribution is -0.142. The van der Waals surface area contributed by atoms with Gasteiger partial charge in [-0.3, -0.25) is 14.4 Å². The summed E-state index contributed by atoms with van der Waals surface area (Å²) in [7, 11) is 0. The first-order valence-electron chi connectivity index (χ1n) is 8.63. The summed E-state index contributed by atoms with van der Waals surface area (Å²) in [6, 6.07) is 14.7. The van der Waals surface area contributed by atoms with Crippen molar-refractivity contribution in [1.82, 2.24) is 0 Å². The Morgan fingerprint density at radius 3 is 2.35 bits per heavy atom. The van der Waals surface area contributed by atoms with Crippen molar-refractivity contribution in [2.24, 2.45) is 5.92 Å². The van der Waals surface area contributed by atoms with Crippen LogP contribution in [0.2, 0.25) is 0 Å². The van der Waals surface area contributed by atoms with E-state index < -0.39 is 5.92 Å². The van der Waals surface area contributed by atoms with Crippen LogP contribution in [0.15, 0.2) is 48.5 Å². The zero-order valence-corrected chi connectivity index (χ0v) is 14.1. The maximum atomic E-state index is 12.6. The molecule has 0 radical (unpaired) electrons. The van der Waals surface area contributed by atoms with E-state index in [4.69, 9.17) is 9.47 Å². The summed E-state index contributed by atoms with van der Waals surface area (Å²) in [5.74, 6) is -0.948. The third-order valence-corrected chi connectivity index (χ3v) is 4.95. The van der Waals surface area contributed by atoms with Crippen molar-refractivity contribution < 1.29 is 23.9 Å². The highest BCUT2D eigenvalue weighted by Crippen LogP contribution is 2.34. The summed E-state index contributed by atoms with van der Waals surface area (Å²) in [4.78, 5) is 37.7. The summed E-state index contributed by atoms with van der Waals surface area (Å²) in [5, 5.41) is 0. The second-order valence-corrected chi connectivity index (χ2v) is 6.71. The van der Waals surface area contributed by atoms with Gasteiger partial charge in [0.25, 0.3) is 0 Å². The average Bonchev–Trinajstić information content (AvgIpc) is 3.09. The average molecular weight is 350 g/mol. The van der Waals surface area contributed by atoms with Crippen molar-refractivity contribution in [2.45, 2.75) is 25.2 Å². The molecule has 1 aliphatic carbocycles. The van der Waals surface area contributed by atoms with Crippen LogP contribution in [0.4, 0.5) is 0 Å². The smallest absolute Gasteiger partial charge is 0.231 e. The highest BCUT2D eigenvalue weighted by Gasteiger charge is 2.40. The summed E-state index contributed by atoms with van der Waals surface area (Å²) >= 11 is 0. The van der Waals surface area contributed by atoms with Crippen molar-refractivity contribution in [2.75, 3.05) is 6.79 Å². The number of fused-ring (bicyclic) bond motifs is 1. The highest BCUT2D eigenvalue weighted by molar-refractivity contribution is 6.21. The predicted octanol–water partition coefficient (Wildman–Crippen LogP) is 2.86. The predicted molar refractivity (Wildman–Crippen MR) is 93.2 cm³/mol. The molecule has 0 bridgehead atoms. The van der Waals surface area contributed by atoms with Crippen LogP contribution in [0, 0.1) is 5.92 Å². The van der Waals surface area contributed by atoms with Crippen LogP contribution < -0.4 is 9.47 Å². The number of carbonyl (C=O) groups excluding carboxylic acids is 3. The fourth-order valence-electron chi connectivity index (χ4n) is 3.65. The van der Waals surface area contributed by atoms with E-state index in [0.29, 0.717) is 17.1 Å². The molecule has 5 heteroatoms. The number of hydrogen-bond acceptors (Lipinski definition) is 5. The van der Waals surface area contributed by atoms with Gasteiger partial charge in [0, 0.05) is 19.3 Å². The summed E-state index contributed by atoms with van der Waals surface area (Å²) in [6.07, 6.45) is 0.495. The van der Waals surface area contributed by atoms with Crippen LogP contribution in [0.25, 0.3) is 0 Å². The summed E-state index contributed by atoms with van der Waals surface area (Å²) < 4.78 is 10.6. The van der Waals surface area contributed by atoms with Gasteiger partial charge in [0.2, 0.25) is 6.79 Å². The van der Waals surface area contributed by atoms with E-state index in [0.717, 1.165) is 5.56 Å². The molecule has 132 valence electrons. The quantitative estimate of drug-likeness (QED) is 0.793. The van der Waals surface area contributed by atoms with E-state index in [1.165, 1.54) is 0 Å². The number of rotatable bonds is 4. The molecule has 0 saturated heterocycles. The monoisotopic (exact) mass is 350 g/mol. The first kappa shape index (κ1) is 16.5. The van der Waals surface area contributed by atoms with Crippen LogP contribution in [0.1, 0.15) is 29.9 Å². The van der Waals surface area contributed by atoms with E-state index in [2.05, 4.69) is 0 Å². The van der Waals surface area contributed by atoms with Crippen LogP contribution in [-0.2, 0) is 20.8 Å². The minimum Gasteiger partial charge on any atom is -0.454 e. The Bertz CT molecular complexity index is 853. The topological polar surface area (TPSA) is 69.7 Å². The molecule has 2 aromatic rings. The molecule has 0 aromatic heterocycles. The maximum absolute atomic E-state index is 12.6. The largest absolute Gasteiger partial charge is 0.454 e. The Hall–Kier alpha value is -2.95. The molecule has 2 aromatic carbocycles. The minimum absolute atomic E-state index is 0.0365. The number of ketones is 3. The molecule has 4 rings (SSSR count). The normalized spacial score (nSPS) is 21.7. The molecule has 0 spiro atoms. The molecular formula is C21H18O5. The van der Waals surface area contributed by atoms with E-state index in [1.54, 1.807) is 18.2 Å². The lowest BCUT2D eigenvalue weighted by atomic mass is 9.74. The number of benzene rings is 2. The standard InChI is InChI=1S/C21H18O5/c22-16(8-13-6-7-19-20(9-13)26-12-25-19)21-17(23)10-15(11-18(21)24)14-4-2-1-3-5-14/h1-7,9,15,21H,8,10-12H2. The van der Waals surface area contributed by atoms with Crippen molar-refractivity contribution >= 4 is 17.3 Å². The molecule has 1 fully saturated rings. The first-order chi connectivity index (χ1) is 12.6. The third-order valence-electron chi connectivity index (χ3n) is 4.95. The minimum atomic E-state index is -1.14. The Kier molecular flexibility index (Phi) is 4.29. The Balaban J connectivity index is 1.47. The lowest BCUT2D eigenvalue weighted by Crippen LogP contribution is -2.38. The van der Waals surface area contributed by atoms with E-state index in [-0.39, 0.29) is 49.3 Å². The van der Waals surface area contributed by atoms with E-state index in [1.807, 2.05) is 30.3 Å². The molecule has 1 saturated carbocycles. The summed E-state index contributed by atoms with van der Waals surface area (Å²) in [6.45, 7) is 0.160. The molecule has 0 amide bonds. The lowest BCUT2D eigenvalue weighted by Gasteiger charge is -2.26. The second-order valence-electron chi connectivity index (χ2n) is 6.71. The molecule has 0 atom stereocenters. The first-order valence-corrected chi connectivity index (χ1v) is 8.63. The van der Waals surface area contributed by atoms with Gasteiger partial charge in [0.05, 0.1) is 0 Å². The van der Waals surface area contributed by atoms with Crippen molar-refractivity contribution in [1.29, 1.82) is 0 Å². The van der Waals surface area contributed by atoms with Crippen LogP contribution in [-0.4, -0.2) is 24.1 Å². The van der Waals surface area contributed by atoms with Gasteiger partial charge in [0.15, 0.2) is 28.8 Å². The SMILES string of the molecule is O=C(Cc1ccc2c(c1)OCO2)C1C(=O)CC(c2ccccc2)CC1=O. The maximum Gasteiger partial charge on any atom is 0.231 e. The molecular weight excluding hydrogens is 332 g/mol. The summed E-state index contributed by atoms with van der Waals surface area (Å²) in [5.41, 5.74) is 1.68. The number of carbonyl (C=O) groups is 3. The van der Waals surface area contributed by atoms with Crippen molar-refractivity contribution in [3.63, 3.8) is 0 Å². The second kappa shape index (κ2) is 6.75. The van der Waals surface area contributed by atoms with Gasteiger partial charge in [-0.25, -0.2) is 0 Å². The van der Waals surface area contributed by atoms with Crippen molar-refractivity contribution in [3.05, 3.63) is 59.7 Å². The fraction of sp³-hybridized carbons (Fsp3) is 0.286. The highest BCUT2D eigenvalue weighted by atomic mass is 16.7. The third kappa shape index (κ3) is 3.12. The van der Waals surface area contributed by atoms with Crippen LogP contribution in [0.5, 0.6) is 11.5 Å². The molecule has 1 heterocycles. The molecule has 26 heavy (non-hydrogen) atoms. The zero-order chi connectivity index (χ0) is 18.1. The van der Waals surface area contributed by atoms with Gasteiger partial charge in [-0.05, 0) is 29.2 Å². The van der Waals surface area contributed by atoms with Crippen molar-refractivity contribution in [3.8, 4) is 11.5 Å². The van der Waals surface area contributed by atoms with E-state index >= 15 is 0 Å². The van der Waals surface area contributed by atoms with Gasteiger partial charge < -0.3 is 9.47 Å². The Morgan fingerprint density at radius 1 is 0.923 bits per heavy atom. The molecule has 2 aliphatic rings. The number of Topliss-reactive ketones (excluding diaryl/α,β-unsaturated/α-hetero) is 3. The zero-order valence-electron chi connectivity index (χ0n) is 14.1. The van der Waals surface area contributed by atoms with Gasteiger partial charge in [-0.2, -0.15) is 0 Å². The fourth-order valence-corrected chi connectivity index (χ4v) is 3.65. The molecule has 5 nitrogen and oxygen atoms in total. The molecule has 0 N–H and O–H groups in total. The Morgan fingerprint density at radius 2 is 1.62 bits per heavy atom. The number of ether oxygens (including phenoxy) is 2. The van der Waals surface area contributed by atoms with Gasteiger partial charge in [-0.15, -0.1) is 0 Å². The Labute approximate surface area is 150 Å². The number of hydrogen-bond donors (Lipinski definition) is 0. The van der Waals surface area contributed by atoms with Crippen LogP contribution >= 0.6 is 0 Å².